The Morgan fingerprint density at radius 1 is 1.26 bits per heavy atom. The highest BCUT2D eigenvalue weighted by atomic mass is 35.5. The number of hydrogen-bond donors (Lipinski definition) is 1. The molecule has 1 saturated heterocycles. The highest BCUT2D eigenvalue weighted by Crippen LogP contribution is 2.14. The Morgan fingerprint density at radius 2 is 2.05 bits per heavy atom. The van der Waals surface area contributed by atoms with E-state index in [0.29, 0.717) is 6.04 Å². The lowest BCUT2D eigenvalue weighted by Crippen LogP contribution is -2.27. The summed E-state index contributed by atoms with van der Waals surface area (Å²) in [5, 5.41) is 0. The molecule has 0 saturated carbocycles. The van der Waals surface area contributed by atoms with Crippen LogP contribution in [0, 0.1) is 0 Å². The van der Waals surface area contributed by atoms with Crippen molar-refractivity contribution in [2.24, 2.45) is 5.73 Å². The number of likely N-dealkylation sites (tertiary alicyclic amines) is 1. The molecular weight excluding hydrogens is 260 g/mol. The molecule has 1 aromatic heterocycles. The summed E-state index contributed by atoms with van der Waals surface area (Å²) in [6.07, 6.45) is 4.96. The average molecular weight is 279 g/mol. The second kappa shape index (κ2) is 6.19. The van der Waals surface area contributed by atoms with Crippen LogP contribution in [0.2, 0.25) is 0 Å². The minimum Gasteiger partial charge on any atom is -0.326 e. The zero-order chi connectivity index (χ0) is 12.4. The maximum Gasteiger partial charge on any atom is 0.127 e. The topological polar surface area (TPSA) is 47.1 Å². The molecule has 3 rings (SSSR count). The molecule has 1 fully saturated rings. The number of benzene rings is 1. The zero-order valence-electron chi connectivity index (χ0n) is 10.8. The minimum atomic E-state index is 0. The average Bonchev–Trinajstić information content (AvgIpc) is 3.00. The molecule has 0 spiro atoms. The Hall–Kier alpha value is -1.36. The Kier molecular flexibility index (Phi) is 4.58. The highest BCUT2D eigenvalue weighted by molar-refractivity contribution is 5.85. The third-order valence-corrected chi connectivity index (χ3v) is 3.43. The molecule has 1 aliphatic heterocycles. The molecule has 1 atom stereocenters. The Bertz CT molecular complexity index is 511. The predicted octanol–water partition coefficient (Wildman–Crippen LogP) is 1.83. The van der Waals surface area contributed by atoms with Crippen LogP contribution >= 0.6 is 12.4 Å². The summed E-state index contributed by atoms with van der Waals surface area (Å²) >= 11 is 0. The predicted molar refractivity (Wildman–Crippen MR) is 78.7 cm³/mol. The molecule has 19 heavy (non-hydrogen) atoms. The molecule has 1 aliphatic rings. The van der Waals surface area contributed by atoms with Gasteiger partial charge in [0, 0.05) is 37.2 Å². The van der Waals surface area contributed by atoms with Crippen molar-refractivity contribution in [3.63, 3.8) is 0 Å². The molecule has 0 unspecified atom stereocenters. The van der Waals surface area contributed by atoms with Crippen molar-refractivity contribution in [2.45, 2.75) is 19.0 Å². The van der Waals surface area contributed by atoms with E-state index in [0.717, 1.165) is 37.6 Å². The molecule has 1 aromatic carbocycles. The van der Waals surface area contributed by atoms with Gasteiger partial charge in [-0.1, -0.05) is 18.2 Å². The van der Waals surface area contributed by atoms with Crippen LogP contribution in [0.4, 0.5) is 0 Å². The van der Waals surface area contributed by atoms with E-state index in [2.05, 4.69) is 26.6 Å². The standard InChI is InChI=1S/C14H18N4.ClH/c15-12-6-8-17(10-12)11-14-16-7-9-18(14)13-4-2-1-3-5-13;/h1-5,7,9,12H,6,8,10-11,15H2;1H/t12-;/m0./s1. The first-order valence-corrected chi connectivity index (χ1v) is 6.38. The summed E-state index contributed by atoms with van der Waals surface area (Å²) < 4.78 is 2.14. The molecule has 0 bridgehead atoms. The Morgan fingerprint density at radius 3 is 2.74 bits per heavy atom. The summed E-state index contributed by atoms with van der Waals surface area (Å²) in [4.78, 5) is 6.83. The smallest absolute Gasteiger partial charge is 0.127 e. The van der Waals surface area contributed by atoms with Gasteiger partial charge in [-0.05, 0) is 18.6 Å². The van der Waals surface area contributed by atoms with E-state index in [1.807, 2.05) is 30.6 Å². The number of aromatic nitrogens is 2. The fourth-order valence-electron chi connectivity index (χ4n) is 2.48. The molecule has 0 aliphatic carbocycles. The van der Waals surface area contributed by atoms with Gasteiger partial charge < -0.3 is 10.3 Å². The Labute approximate surface area is 119 Å². The van der Waals surface area contributed by atoms with E-state index >= 15 is 0 Å². The SMILES string of the molecule is Cl.N[C@H]1CCN(Cc2nccn2-c2ccccc2)C1. The first-order chi connectivity index (χ1) is 8.83. The molecule has 5 heteroatoms. The molecule has 2 heterocycles. The largest absolute Gasteiger partial charge is 0.326 e. The molecular formula is C14H19ClN4. The van der Waals surface area contributed by atoms with Gasteiger partial charge in [0.15, 0.2) is 0 Å². The first-order valence-electron chi connectivity index (χ1n) is 6.38. The number of nitrogens with two attached hydrogens (primary N) is 1. The van der Waals surface area contributed by atoms with Crippen molar-refractivity contribution in [3.8, 4) is 5.69 Å². The maximum absolute atomic E-state index is 5.93. The van der Waals surface area contributed by atoms with Gasteiger partial charge in [-0.25, -0.2) is 4.98 Å². The van der Waals surface area contributed by atoms with Crippen molar-refractivity contribution >= 4 is 12.4 Å². The second-order valence-corrected chi connectivity index (χ2v) is 4.83. The number of nitrogens with zero attached hydrogens (tertiary/aromatic N) is 3. The molecule has 2 aromatic rings. The quantitative estimate of drug-likeness (QED) is 0.932. The molecule has 0 radical (unpaired) electrons. The molecule has 102 valence electrons. The minimum absolute atomic E-state index is 0. The van der Waals surface area contributed by atoms with E-state index in [-0.39, 0.29) is 12.4 Å². The van der Waals surface area contributed by atoms with Gasteiger partial charge in [0.1, 0.15) is 5.82 Å². The second-order valence-electron chi connectivity index (χ2n) is 4.83. The van der Waals surface area contributed by atoms with Crippen LogP contribution in [0.5, 0.6) is 0 Å². The van der Waals surface area contributed by atoms with E-state index in [9.17, 15) is 0 Å². The van der Waals surface area contributed by atoms with Crippen LogP contribution in [-0.4, -0.2) is 33.6 Å². The van der Waals surface area contributed by atoms with Crippen LogP contribution < -0.4 is 5.73 Å². The van der Waals surface area contributed by atoms with Crippen LogP contribution in [0.15, 0.2) is 42.7 Å². The number of imidazole rings is 1. The summed E-state index contributed by atoms with van der Waals surface area (Å²) in [5.74, 6) is 1.08. The van der Waals surface area contributed by atoms with Crippen LogP contribution in [0.1, 0.15) is 12.2 Å². The lowest BCUT2D eigenvalue weighted by Gasteiger charge is -2.16. The fraction of sp³-hybridized carbons (Fsp3) is 0.357. The van der Waals surface area contributed by atoms with Gasteiger partial charge in [-0.15, -0.1) is 12.4 Å². The van der Waals surface area contributed by atoms with Gasteiger partial charge in [-0.3, -0.25) is 4.90 Å². The fourth-order valence-corrected chi connectivity index (χ4v) is 2.48. The zero-order valence-corrected chi connectivity index (χ0v) is 11.6. The maximum atomic E-state index is 5.93. The van der Waals surface area contributed by atoms with Crippen molar-refractivity contribution < 1.29 is 0 Å². The van der Waals surface area contributed by atoms with Gasteiger partial charge in [0.25, 0.3) is 0 Å². The van der Waals surface area contributed by atoms with Crippen molar-refractivity contribution in [1.82, 2.24) is 14.5 Å². The summed E-state index contributed by atoms with van der Waals surface area (Å²) in [7, 11) is 0. The van der Waals surface area contributed by atoms with Gasteiger partial charge in [0.05, 0.1) is 6.54 Å². The summed E-state index contributed by atoms with van der Waals surface area (Å²) in [6.45, 7) is 2.92. The third-order valence-electron chi connectivity index (χ3n) is 3.43. The van der Waals surface area contributed by atoms with E-state index in [1.165, 1.54) is 0 Å². The van der Waals surface area contributed by atoms with E-state index in [1.54, 1.807) is 0 Å². The number of para-hydroxylation sites is 1. The molecule has 0 amide bonds. The van der Waals surface area contributed by atoms with Gasteiger partial charge >= 0.3 is 0 Å². The van der Waals surface area contributed by atoms with Crippen LogP contribution in [0.25, 0.3) is 5.69 Å². The van der Waals surface area contributed by atoms with Crippen LogP contribution in [0.3, 0.4) is 0 Å². The lowest BCUT2D eigenvalue weighted by atomic mass is 10.3. The van der Waals surface area contributed by atoms with Crippen molar-refractivity contribution in [2.75, 3.05) is 13.1 Å². The first kappa shape index (κ1) is 14.1. The third kappa shape index (κ3) is 3.15. The highest BCUT2D eigenvalue weighted by Gasteiger charge is 2.20. The summed E-state index contributed by atoms with van der Waals surface area (Å²) in [6, 6.07) is 10.6. The van der Waals surface area contributed by atoms with E-state index < -0.39 is 0 Å². The monoisotopic (exact) mass is 278 g/mol. The number of rotatable bonds is 3. The molecule has 2 N–H and O–H groups in total. The van der Waals surface area contributed by atoms with Gasteiger partial charge in [-0.2, -0.15) is 0 Å². The van der Waals surface area contributed by atoms with E-state index in [4.69, 9.17) is 5.73 Å². The summed E-state index contributed by atoms with van der Waals surface area (Å²) in [5.41, 5.74) is 7.10. The van der Waals surface area contributed by atoms with Crippen LogP contribution in [-0.2, 0) is 6.54 Å². The van der Waals surface area contributed by atoms with Crippen molar-refractivity contribution in [1.29, 1.82) is 0 Å². The van der Waals surface area contributed by atoms with Crippen molar-refractivity contribution in [3.05, 3.63) is 48.5 Å². The number of halogens is 1. The molecule has 4 nitrogen and oxygen atoms in total. The number of hydrogen-bond acceptors (Lipinski definition) is 3. The normalized spacial score (nSPS) is 19.3. The Balaban J connectivity index is 0.00000133. The lowest BCUT2D eigenvalue weighted by molar-refractivity contribution is 0.316. The van der Waals surface area contributed by atoms with Gasteiger partial charge in [0.2, 0.25) is 0 Å².